The Morgan fingerprint density at radius 1 is 1.07 bits per heavy atom. The lowest BCUT2D eigenvalue weighted by atomic mass is 9.99. The van der Waals surface area contributed by atoms with Gasteiger partial charge in [-0.15, -0.1) is 5.10 Å². The SMILES string of the molecule is N=C(C1CC1)n1nc(N2CCc3ccc(F)cc3C2)c2ccccc2c1=N. The minimum Gasteiger partial charge on any atom is -0.350 e. The molecule has 0 radical (unpaired) electrons. The summed E-state index contributed by atoms with van der Waals surface area (Å²) in [5.74, 6) is 1.15. The zero-order chi connectivity index (χ0) is 18.5. The first-order valence-corrected chi connectivity index (χ1v) is 9.29. The maximum Gasteiger partial charge on any atom is 0.157 e. The number of nitrogens with zero attached hydrogens (tertiary/aromatic N) is 3. The standard InChI is InChI=1S/C21H20FN5/c22-16-8-7-13-9-10-26(12-15(13)11-16)21-18-4-2-1-3-17(18)20(24)27(25-21)19(23)14-5-6-14/h1-4,7-8,11,14,23-24H,5-6,9-10,12H2. The highest BCUT2D eigenvalue weighted by molar-refractivity contribution is 5.94. The predicted octanol–water partition coefficient (Wildman–Crippen LogP) is 3.45. The molecule has 27 heavy (non-hydrogen) atoms. The average molecular weight is 361 g/mol. The summed E-state index contributed by atoms with van der Waals surface area (Å²) in [6.45, 7) is 1.36. The van der Waals surface area contributed by atoms with Gasteiger partial charge in [0.1, 0.15) is 11.7 Å². The van der Waals surface area contributed by atoms with E-state index >= 15 is 0 Å². The molecule has 0 amide bonds. The van der Waals surface area contributed by atoms with Gasteiger partial charge in [0.15, 0.2) is 11.3 Å². The van der Waals surface area contributed by atoms with Gasteiger partial charge >= 0.3 is 0 Å². The summed E-state index contributed by atoms with van der Waals surface area (Å²) in [4.78, 5) is 2.14. The number of fused-ring (bicyclic) bond motifs is 2. The Morgan fingerprint density at radius 3 is 2.63 bits per heavy atom. The van der Waals surface area contributed by atoms with Gasteiger partial charge in [-0.3, -0.25) is 10.8 Å². The molecule has 2 aliphatic rings. The fourth-order valence-electron chi connectivity index (χ4n) is 3.84. The molecule has 0 spiro atoms. The van der Waals surface area contributed by atoms with Crippen LogP contribution >= 0.6 is 0 Å². The molecule has 5 nitrogen and oxygen atoms in total. The van der Waals surface area contributed by atoms with E-state index in [1.54, 1.807) is 6.07 Å². The molecule has 2 N–H and O–H groups in total. The van der Waals surface area contributed by atoms with Crippen molar-refractivity contribution >= 4 is 22.4 Å². The second-order valence-electron chi connectivity index (χ2n) is 7.37. The lowest BCUT2D eigenvalue weighted by Gasteiger charge is -2.31. The first-order valence-electron chi connectivity index (χ1n) is 9.29. The molecule has 1 saturated carbocycles. The summed E-state index contributed by atoms with van der Waals surface area (Å²) in [5.41, 5.74) is 2.41. The van der Waals surface area contributed by atoms with Crippen molar-refractivity contribution < 1.29 is 4.39 Å². The molecule has 0 saturated heterocycles. The molecule has 1 fully saturated rings. The van der Waals surface area contributed by atoms with Crippen LogP contribution in [0.5, 0.6) is 0 Å². The van der Waals surface area contributed by atoms with E-state index in [0.29, 0.717) is 12.4 Å². The Kier molecular flexibility index (Phi) is 3.60. The molecule has 2 aromatic carbocycles. The number of aromatic nitrogens is 2. The van der Waals surface area contributed by atoms with Crippen LogP contribution in [0.1, 0.15) is 24.0 Å². The Bertz CT molecular complexity index is 1130. The van der Waals surface area contributed by atoms with E-state index in [1.165, 1.54) is 16.3 Å². The highest BCUT2D eigenvalue weighted by atomic mass is 19.1. The zero-order valence-corrected chi connectivity index (χ0v) is 14.9. The molecule has 1 aliphatic carbocycles. The Hall–Kier alpha value is -3.02. The average Bonchev–Trinajstić information content (AvgIpc) is 3.53. The number of hydrogen-bond acceptors (Lipinski definition) is 4. The fraction of sp³-hybridized carbons (Fsp3) is 0.286. The molecule has 136 valence electrons. The van der Waals surface area contributed by atoms with Gasteiger partial charge in [-0.05, 0) is 42.5 Å². The van der Waals surface area contributed by atoms with Crippen LogP contribution < -0.4 is 10.4 Å². The maximum absolute atomic E-state index is 13.7. The van der Waals surface area contributed by atoms with Gasteiger partial charge < -0.3 is 4.90 Å². The van der Waals surface area contributed by atoms with Crippen molar-refractivity contribution in [2.24, 2.45) is 5.92 Å². The van der Waals surface area contributed by atoms with Crippen LogP contribution in [0.25, 0.3) is 10.8 Å². The molecular weight excluding hydrogens is 341 g/mol. The number of nitrogens with one attached hydrogen (secondary N) is 2. The van der Waals surface area contributed by atoms with Gasteiger partial charge in [-0.1, -0.05) is 30.3 Å². The number of rotatable bonds is 2. The summed E-state index contributed by atoms with van der Waals surface area (Å²) >= 11 is 0. The molecule has 1 aliphatic heterocycles. The first-order chi connectivity index (χ1) is 13.1. The van der Waals surface area contributed by atoms with E-state index in [4.69, 9.17) is 15.9 Å². The summed E-state index contributed by atoms with van der Waals surface area (Å²) < 4.78 is 15.2. The Balaban J connectivity index is 1.65. The van der Waals surface area contributed by atoms with Gasteiger partial charge in [0.25, 0.3) is 0 Å². The Morgan fingerprint density at radius 2 is 1.85 bits per heavy atom. The first kappa shape index (κ1) is 16.2. The monoisotopic (exact) mass is 361 g/mol. The minimum absolute atomic E-state index is 0.205. The summed E-state index contributed by atoms with van der Waals surface area (Å²) in [5, 5.41) is 23.4. The van der Waals surface area contributed by atoms with E-state index in [0.717, 1.165) is 48.0 Å². The second kappa shape index (κ2) is 6.01. The van der Waals surface area contributed by atoms with Gasteiger partial charge in [-0.25, -0.2) is 4.39 Å². The number of anilines is 1. The third-order valence-corrected chi connectivity index (χ3v) is 5.50. The zero-order valence-electron chi connectivity index (χ0n) is 14.9. The van der Waals surface area contributed by atoms with Crippen molar-refractivity contribution in [3.05, 3.63) is 64.9 Å². The maximum atomic E-state index is 13.7. The van der Waals surface area contributed by atoms with Gasteiger partial charge in [0.05, 0.1) is 0 Å². The molecule has 3 aromatic rings. The molecule has 0 bridgehead atoms. The van der Waals surface area contributed by atoms with E-state index < -0.39 is 0 Å². The molecule has 6 heteroatoms. The molecular formula is C21H20FN5. The van der Waals surface area contributed by atoms with Crippen LogP contribution in [0.4, 0.5) is 10.2 Å². The topological polar surface area (TPSA) is 68.8 Å². The van der Waals surface area contributed by atoms with Gasteiger partial charge in [-0.2, -0.15) is 4.68 Å². The Labute approximate surface area is 156 Å². The largest absolute Gasteiger partial charge is 0.350 e. The highest BCUT2D eigenvalue weighted by Crippen LogP contribution is 2.32. The summed E-state index contributed by atoms with van der Waals surface area (Å²) in [7, 11) is 0. The van der Waals surface area contributed by atoms with E-state index in [-0.39, 0.29) is 17.2 Å². The third kappa shape index (κ3) is 2.72. The van der Waals surface area contributed by atoms with Crippen LogP contribution in [0, 0.1) is 22.6 Å². The third-order valence-electron chi connectivity index (χ3n) is 5.50. The predicted molar refractivity (Wildman–Crippen MR) is 103 cm³/mol. The quantitative estimate of drug-likeness (QED) is 0.542. The van der Waals surface area contributed by atoms with Crippen LogP contribution in [-0.4, -0.2) is 22.2 Å². The number of halogens is 1. The molecule has 5 rings (SSSR count). The molecule has 1 aromatic heterocycles. The lowest BCUT2D eigenvalue weighted by molar-refractivity contribution is 0.617. The summed E-state index contributed by atoms with van der Waals surface area (Å²) in [6, 6.07) is 12.7. The van der Waals surface area contributed by atoms with Crippen molar-refractivity contribution in [1.82, 2.24) is 9.78 Å². The van der Waals surface area contributed by atoms with Crippen LogP contribution in [0.15, 0.2) is 42.5 Å². The van der Waals surface area contributed by atoms with E-state index in [2.05, 4.69) is 4.90 Å². The second-order valence-corrected chi connectivity index (χ2v) is 7.37. The van der Waals surface area contributed by atoms with E-state index in [9.17, 15) is 4.39 Å². The minimum atomic E-state index is -0.222. The van der Waals surface area contributed by atoms with Crippen molar-refractivity contribution in [1.29, 1.82) is 10.8 Å². The lowest BCUT2D eigenvalue weighted by Crippen LogP contribution is -2.36. The normalized spacial score (nSPS) is 16.4. The highest BCUT2D eigenvalue weighted by Gasteiger charge is 2.30. The summed E-state index contributed by atoms with van der Waals surface area (Å²) in [6.07, 6.45) is 2.81. The van der Waals surface area contributed by atoms with Crippen LogP contribution in [-0.2, 0) is 13.0 Å². The smallest absolute Gasteiger partial charge is 0.157 e. The molecule has 2 heterocycles. The molecule has 0 atom stereocenters. The van der Waals surface area contributed by atoms with Crippen LogP contribution in [0.2, 0.25) is 0 Å². The molecule has 0 unspecified atom stereocenters. The van der Waals surface area contributed by atoms with Gasteiger partial charge in [0.2, 0.25) is 0 Å². The van der Waals surface area contributed by atoms with Gasteiger partial charge in [0, 0.05) is 29.8 Å². The number of benzene rings is 2. The van der Waals surface area contributed by atoms with Crippen molar-refractivity contribution in [2.75, 3.05) is 11.4 Å². The fourth-order valence-corrected chi connectivity index (χ4v) is 3.84. The van der Waals surface area contributed by atoms with Crippen LogP contribution in [0.3, 0.4) is 0 Å². The van der Waals surface area contributed by atoms with Crippen molar-refractivity contribution in [3.8, 4) is 0 Å². The van der Waals surface area contributed by atoms with Crippen molar-refractivity contribution in [3.63, 3.8) is 0 Å². The van der Waals surface area contributed by atoms with E-state index in [1.807, 2.05) is 30.3 Å². The van der Waals surface area contributed by atoms with Crippen molar-refractivity contribution in [2.45, 2.75) is 25.8 Å². The number of hydrogen-bond donors (Lipinski definition) is 2.